The van der Waals surface area contributed by atoms with Crippen LogP contribution in [0.2, 0.25) is 0 Å². The number of fused-ring (bicyclic) bond motifs is 4. The van der Waals surface area contributed by atoms with Gasteiger partial charge in [0, 0.05) is 50.7 Å². The van der Waals surface area contributed by atoms with Gasteiger partial charge in [-0.1, -0.05) is 0 Å². The molecular formula is C20H23N3O4. The van der Waals surface area contributed by atoms with E-state index in [4.69, 9.17) is 9.15 Å². The molecule has 27 heavy (non-hydrogen) atoms. The van der Waals surface area contributed by atoms with Crippen molar-refractivity contribution in [2.75, 3.05) is 26.7 Å². The van der Waals surface area contributed by atoms with Crippen molar-refractivity contribution < 1.29 is 18.7 Å². The maximum Gasteiger partial charge on any atom is 0.289 e. The van der Waals surface area contributed by atoms with Gasteiger partial charge in [-0.3, -0.25) is 14.6 Å². The number of furan rings is 1. The second-order valence-electron chi connectivity index (χ2n) is 7.20. The third kappa shape index (κ3) is 3.60. The summed E-state index contributed by atoms with van der Waals surface area (Å²) < 4.78 is 10.7. The first-order valence-electron chi connectivity index (χ1n) is 9.23. The lowest BCUT2D eigenvalue weighted by Crippen LogP contribution is -2.47. The molecule has 0 radical (unpaired) electrons. The lowest BCUT2D eigenvalue weighted by molar-refractivity contribution is 0.0538. The Kier molecular flexibility index (Phi) is 4.94. The van der Waals surface area contributed by atoms with Crippen LogP contribution >= 0.6 is 0 Å². The highest BCUT2D eigenvalue weighted by Gasteiger charge is 2.39. The standard InChI is InChI=1S/C20H23N3O4/c1-26-13-17-4-5-18(27-17)20(25)23-11-14-2-3-16(23)12-22(10-14)19(24)15-6-8-21-9-7-15/h4-9,14,16H,2-3,10-13H2,1H3. The highest BCUT2D eigenvalue weighted by molar-refractivity contribution is 5.94. The molecule has 2 atom stereocenters. The predicted molar refractivity (Wildman–Crippen MR) is 97.1 cm³/mol. The van der Waals surface area contributed by atoms with Crippen LogP contribution in [-0.2, 0) is 11.3 Å². The van der Waals surface area contributed by atoms with E-state index >= 15 is 0 Å². The van der Waals surface area contributed by atoms with Crippen LogP contribution in [0.25, 0.3) is 0 Å². The van der Waals surface area contributed by atoms with E-state index in [-0.39, 0.29) is 23.8 Å². The molecule has 2 aromatic heterocycles. The average molecular weight is 369 g/mol. The normalized spacial score (nSPS) is 22.0. The van der Waals surface area contributed by atoms with E-state index < -0.39 is 0 Å². The Morgan fingerprint density at radius 2 is 1.93 bits per heavy atom. The van der Waals surface area contributed by atoms with Crippen molar-refractivity contribution in [1.29, 1.82) is 0 Å². The van der Waals surface area contributed by atoms with E-state index in [1.54, 1.807) is 43.8 Å². The zero-order valence-corrected chi connectivity index (χ0v) is 15.3. The molecule has 2 unspecified atom stereocenters. The molecule has 0 saturated carbocycles. The Hall–Kier alpha value is -2.67. The zero-order valence-electron chi connectivity index (χ0n) is 15.3. The van der Waals surface area contributed by atoms with Crippen molar-refractivity contribution in [2.45, 2.75) is 25.5 Å². The highest BCUT2D eigenvalue weighted by Crippen LogP contribution is 2.30. The van der Waals surface area contributed by atoms with Crippen molar-refractivity contribution in [1.82, 2.24) is 14.8 Å². The molecule has 7 nitrogen and oxygen atoms in total. The topological polar surface area (TPSA) is 75.9 Å². The predicted octanol–water partition coefficient (Wildman–Crippen LogP) is 2.20. The third-order valence-electron chi connectivity index (χ3n) is 5.35. The summed E-state index contributed by atoms with van der Waals surface area (Å²) in [5, 5.41) is 0. The molecule has 2 aromatic rings. The summed E-state index contributed by atoms with van der Waals surface area (Å²) in [5.41, 5.74) is 0.638. The molecule has 5 rings (SSSR count). The van der Waals surface area contributed by atoms with E-state index in [1.165, 1.54) is 0 Å². The monoisotopic (exact) mass is 369 g/mol. The number of ether oxygens (including phenoxy) is 1. The number of piperidine rings is 1. The average Bonchev–Trinajstić information content (AvgIpc) is 2.97. The van der Waals surface area contributed by atoms with Gasteiger partial charge in [-0.05, 0) is 43.0 Å². The minimum absolute atomic E-state index is 0.00368. The summed E-state index contributed by atoms with van der Waals surface area (Å²) in [6.45, 7) is 2.22. The first-order valence-corrected chi connectivity index (χ1v) is 9.23. The minimum Gasteiger partial charge on any atom is -0.453 e. The van der Waals surface area contributed by atoms with Crippen molar-refractivity contribution in [2.24, 2.45) is 5.92 Å². The lowest BCUT2D eigenvalue weighted by Gasteiger charge is -2.35. The largest absolute Gasteiger partial charge is 0.453 e. The van der Waals surface area contributed by atoms with Crippen LogP contribution in [0.5, 0.6) is 0 Å². The van der Waals surface area contributed by atoms with E-state index in [0.717, 1.165) is 12.8 Å². The number of hydrogen-bond acceptors (Lipinski definition) is 5. The quantitative estimate of drug-likeness (QED) is 0.826. The van der Waals surface area contributed by atoms with Gasteiger partial charge >= 0.3 is 0 Å². The molecule has 0 N–H and O–H groups in total. The summed E-state index contributed by atoms with van der Waals surface area (Å²) in [7, 11) is 1.59. The molecule has 3 aliphatic rings. The highest BCUT2D eigenvalue weighted by atomic mass is 16.5. The number of rotatable bonds is 4. The number of carbonyl (C=O) groups is 2. The van der Waals surface area contributed by atoms with Gasteiger partial charge in [-0.2, -0.15) is 0 Å². The van der Waals surface area contributed by atoms with Crippen molar-refractivity contribution in [3.8, 4) is 0 Å². The fourth-order valence-electron chi connectivity index (χ4n) is 4.03. The number of methoxy groups -OCH3 is 1. The van der Waals surface area contributed by atoms with Gasteiger partial charge < -0.3 is 19.0 Å². The maximum absolute atomic E-state index is 13.0. The maximum atomic E-state index is 13.0. The first kappa shape index (κ1) is 17.7. The zero-order chi connectivity index (χ0) is 18.8. The van der Waals surface area contributed by atoms with Crippen LogP contribution in [0.15, 0.2) is 41.1 Å². The molecule has 2 amide bonds. The molecule has 0 spiro atoms. The Labute approximate surface area is 157 Å². The molecule has 0 aliphatic carbocycles. The fraction of sp³-hybridized carbons (Fsp3) is 0.450. The van der Waals surface area contributed by atoms with Gasteiger partial charge in [0.15, 0.2) is 5.76 Å². The van der Waals surface area contributed by atoms with Gasteiger partial charge in [0.05, 0.1) is 0 Å². The molecule has 5 heterocycles. The summed E-state index contributed by atoms with van der Waals surface area (Å²) >= 11 is 0. The van der Waals surface area contributed by atoms with Crippen LogP contribution in [0.3, 0.4) is 0 Å². The lowest BCUT2D eigenvalue weighted by atomic mass is 9.95. The van der Waals surface area contributed by atoms with E-state index in [9.17, 15) is 9.59 Å². The van der Waals surface area contributed by atoms with E-state index in [1.807, 2.05) is 9.80 Å². The van der Waals surface area contributed by atoms with Crippen LogP contribution in [0.1, 0.15) is 39.5 Å². The second kappa shape index (κ2) is 7.52. The minimum atomic E-state index is -0.106. The van der Waals surface area contributed by atoms with Gasteiger partial charge in [0.2, 0.25) is 0 Å². The van der Waals surface area contributed by atoms with Gasteiger partial charge in [0.25, 0.3) is 11.8 Å². The Balaban J connectivity index is 1.51. The SMILES string of the molecule is COCc1ccc(C(=O)N2CC3CCC2CN(C(=O)c2ccncc2)C3)o1. The summed E-state index contributed by atoms with van der Waals surface area (Å²) in [5.74, 6) is 1.15. The molecule has 0 aromatic carbocycles. The summed E-state index contributed by atoms with van der Waals surface area (Å²) in [4.78, 5) is 33.6. The molecule has 3 fully saturated rings. The summed E-state index contributed by atoms with van der Waals surface area (Å²) in [6, 6.07) is 6.95. The summed E-state index contributed by atoms with van der Waals surface area (Å²) in [6.07, 6.45) is 5.19. The molecule has 142 valence electrons. The fourth-order valence-corrected chi connectivity index (χ4v) is 4.03. The van der Waals surface area contributed by atoms with Crippen LogP contribution in [0, 0.1) is 5.92 Å². The number of amides is 2. The van der Waals surface area contributed by atoms with Gasteiger partial charge in [-0.15, -0.1) is 0 Å². The molecular weight excluding hydrogens is 346 g/mol. The Bertz CT molecular complexity index is 820. The van der Waals surface area contributed by atoms with Crippen molar-refractivity contribution >= 4 is 11.8 Å². The third-order valence-corrected chi connectivity index (χ3v) is 5.35. The number of carbonyl (C=O) groups excluding carboxylic acids is 2. The molecule has 7 heteroatoms. The van der Waals surface area contributed by atoms with Gasteiger partial charge in [-0.25, -0.2) is 0 Å². The Morgan fingerprint density at radius 1 is 1.11 bits per heavy atom. The number of hydrogen-bond donors (Lipinski definition) is 0. The number of nitrogens with zero attached hydrogens (tertiary/aromatic N) is 3. The second-order valence-corrected chi connectivity index (χ2v) is 7.20. The number of aromatic nitrogens is 1. The van der Waals surface area contributed by atoms with Gasteiger partial charge in [0.1, 0.15) is 12.4 Å². The van der Waals surface area contributed by atoms with E-state index in [0.29, 0.717) is 43.3 Å². The van der Waals surface area contributed by atoms with Crippen LogP contribution < -0.4 is 0 Å². The Morgan fingerprint density at radius 3 is 2.70 bits per heavy atom. The number of pyridine rings is 1. The molecule has 3 aliphatic heterocycles. The van der Waals surface area contributed by atoms with Crippen molar-refractivity contribution in [3.63, 3.8) is 0 Å². The first-order chi connectivity index (χ1) is 13.2. The molecule has 2 bridgehead atoms. The molecule has 3 saturated heterocycles. The van der Waals surface area contributed by atoms with E-state index in [2.05, 4.69) is 4.98 Å². The van der Waals surface area contributed by atoms with Crippen molar-refractivity contribution in [3.05, 3.63) is 53.7 Å². The smallest absolute Gasteiger partial charge is 0.289 e. The van der Waals surface area contributed by atoms with Crippen LogP contribution in [-0.4, -0.2) is 59.4 Å². The van der Waals surface area contributed by atoms with Crippen LogP contribution in [0.4, 0.5) is 0 Å².